The number of hydrogen-bond acceptors (Lipinski definition) is 7. The first kappa shape index (κ1) is 23.1. The van der Waals surface area contributed by atoms with Crippen LogP contribution in [0.3, 0.4) is 0 Å². The van der Waals surface area contributed by atoms with Gasteiger partial charge >= 0.3 is 0 Å². The number of amides is 1. The van der Waals surface area contributed by atoms with E-state index < -0.39 is 0 Å². The third-order valence-electron chi connectivity index (χ3n) is 5.68. The third-order valence-corrected chi connectivity index (χ3v) is 5.91. The van der Waals surface area contributed by atoms with E-state index in [1.165, 1.54) is 0 Å². The zero-order valence-electron chi connectivity index (χ0n) is 18.7. The largest absolute Gasteiger partial charge is 0.497 e. The molecule has 0 aliphatic carbocycles. The summed E-state index contributed by atoms with van der Waals surface area (Å²) >= 11 is 6.10. The van der Waals surface area contributed by atoms with Gasteiger partial charge < -0.3 is 19.5 Å². The molecule has 1 aromatic heterocycles. The first-order valence-electron chi connectivity index (χ1n) is 11.1. The van der Waals surface area contributed by atoms with Crippen molar-refractivity contribution in [2.24, 2.45) is 0 Å². The number of aryl methyl sites for hydroxylation is 1. The molecule has 0 atom stereocenters. The number of piperazine rings is 1. The Balaban J connectivity index is 1.14. The van der Waals surface area contributed by atoms with E-state index in [0.717, 1.165) is 54.7 Å². The van der Waals surface area contributed by atoms with Crippen LogP contribution in [0.4, 0.5) is 5.69 Å². The normalized spacial score (nSPS) is 14.3. The summed E-state index contributed by atoms with van der Waals surface area (Å²) in [5.74, 6) is 1.71. The molecule has 1 saturated heterocycles. The Morgan fingerprint density at radius 3 is 2.67 bits per heavy atom. The van der Waals surface area contributed by atoms with Crippen molar-refractivity contribution in [2.45, 2.75) is 12.8 Å². The van der Waals surface area contributed by atoms with Crippen LogP contribution in [0.1, 0.15) is 12.3 Å². The fourth-order valence-electron chi connectivity index (χ4n) is 3.78. The molecule has 3 aromatic rings. The number of aromatic nitrogens is 2. The van der Waals surface area contributed by atoms with Gasteiger partial charge in [-0.15, -0.1) is 0 Å². The molecule has 33 heavy (non-hydrogen) atoms. The molecular weight excluding hydrogens is 442 g/mol. The number of anilines is 1. The van der Waals surface area contributed by atoms with E-state index in [-0.39, 0.29) is 5.91 Å². The number of rotatable bonds is 9. The SMILES string of the molecule is COc1ccc(-c2noc(CCC(=O)NCCN3CCN(c4cccc(Cl)c4)CC3)n2)cc1. The molecule has 4 rings (SSSR count). The minimum Gasteiger partial charge on any atom is -0.497 e. The van der Waals surface area contributed by atoms with E-state index in [1.54, 1.807) is 7.11 Å². The van der Waals surface area contributed by atoms with Crippen LogP contribution in [-0.2, 0) is 11.2 Å². The molecule has 2 aromatic carbocycles. The van der Waals surface area contributed by atoms with Gasteiger partial charge in [-0.2, -0.15) is 4.98 Å². The summed E-state index contributed by atoms with van der Waals surface area (Å²) < 4.78 is 10.4. The Morgan fingerprint density at radius 2 is 1.94 bits per heavy atom. The Morgan fingerprint density at radius 1 is 1.15 bits per heavy atom. The number of nitrogens with one attached hydrogen (secondary N) is 1. The van der Waals surface area contributed by atoms with Gasteiger partial charge in [-0.25, -0.2) is 0 Å². The number of halogens is 1. The Labute approximate surface area is 198 Å². The molecule has 0 saturated carbocycles. The topological polar surface area (TPSA) is 83.7 Å². The summed E-state index contributed by atoms with van der Waals surface area (Å²) in [5.41, 5.74) is 2.00. The van der Waals surface area contributed by atoms with Crippen molar-refractivity contribution in [3.05, 3.63) is 59.4 Å². The maximum absolute atomic E-state index is 12.2. The fourth-order valence-corrected chi connectivity index (χ4v) is 3.96. The number of methoxy groups -OCH3 is 1. The van der Waals surface area contributed by atoms with E-state index >= 15 is 0 Å². The van der Waals surface area contributed by atoms with Crippen molar-refractivity contribution < 1.29 is 14.1 Å². The highest BCUT2D eigenvalue weighted by Gasteiger charge is 2.17. The molecule has 0 unspecified atom stereocenters. The number of ether oxygens (including phenoxy) is 1. The highest BCUT2D eigenvalue weighted by Crippen LogP contribution is 2.21. The van der Waals surface area contributed by atoms with Crippen molar-refractivity contribution in [1.82, 2.24) is 20.4 Å². The second-order valence-electron chi connectivity index (χ2n) is 7.90. The van der Waals surface area contributed by atoms with Gasteiger partial charge in [0, 0.05) is 68.4 Å². The first-order valence-corrected chi connectivity index (χ1v) is 11.4. The van der Waals surface area contributed by atoms with Gasteiger partial charge in [-0.1, -0.05) is 22.8 Å². The summed E-state index contributed by atoms with van der Waals surface area (Å²) in [4.78, 5) is 21.3. The van der Waals surface area contributed by atoms with Crippen molar-refractivity contribution >= 4 is 23.2 Å². The number of carbonyl (C=O) groups excluding carboxylic acids is 1. The highest BCUT2D eigenvalue weighted by molar-refractivity contribution is 6.30. The van der Waals surface area contributed by atoms with E-state index in [9.17, 15) is 4.79 Å². The lowest BCUT2D eigenvalue weighted by Crippen LogP contribution is -2.48. The lowest BCUT2D eigenvalue weighted by molar-refractivity contribution is -0.121. The van der Waals surface area contributed by atoms with E-state index in [1.807, 2.05) is 42.5 Å². The molecule has 174 valence electrons. The molecule has 0 spiro atoms. The van der Waals surface area contributed by atoms with Crippen LogP contribution >= 0.6 is 11.6 Å². The van der Waals surface area contributed by atoms with Gasteiger partial charge in [0.25, 0.3) is 0 Å². The Hall–Kier alpha value is -3.10. The van der Waals surface area contributed by atoms with Crippen molar-refractivity contribution in [3.8, 4) is 17.1 Å². The van der Waals surface area contributed by atoms with Gasteiger partial charge in [-0.3, -0.25) is 9.69 Å². The minimum atomic E-state index is -0.0169. The van der Waals surface area contributed by atoms with Gasteiger partial charge in [0.05, 0.1) is 7.11 Å². The summed E-state index contributed by atoms with van der Waals surface area (Å²) in [5, 5.41) is 7.75. The summed E-state index contributed by atoms with van der Waals surface area (Å²) in [6.07, 6.45) is 0.722. The highest BCUT2D eigenvalue weighted by atomic mass is 35.5. The number of hydrogen-bond donors (Lipinski definition) is 1. The predicted molar refractivity (Wildman–Crippen MR) is 128 cm³/mol. The Bertz CT molecular complexity index is 1050. The standard InChI is InChI=1S/C24H28ClN5O3/c1-32-21-7-5-18(6-8-21)24-27-23(33-28-24)10-9-22(31)26-11-12-29-13-15-30(16-14-29)20-4-2-3-19(25)17-20/h2-8,17H,9-16H2,1H3,(H,26,31). The van der Waals surface area contributed by atoms with E-state index in [2.05, 4.69) is 31.3 Å². The van der Waals surface area contributed by atoms with Gasteiger partial charge in [-0.05, 0) is 42.5 Å². The number of benzene rings is 2. The molecule has 0 bridgehead atoms. The molecule has 1 amide bonds. The molecule has 2 heterocycles. The van der Waals surface area contributed by atoms with E-state index in [0.29, 0.717) is 31.1 Å². The summed E-state index contributed by atoms with van der Waals surface area (Å²) in [6, 6.07) is 15.4. The van der Waals surface area contributed by atoms with Crippen LogP contribution in [0.5, 0.6) is 5.75 Å². The number of nitrogens with zero attached hydrogens (tertiary/aromatic N) is 4. The third kappa shape index (κ3) is 6.46. The molecular formula is C24H28ClN5O3. The lowest BCUT2D eigenvalue weighted by Gasteiger charge is -2.36. The van der Waals surface area contributed by atoms with Crippen molar-refractivity contribution in [2.75, 3.05) is 51.3 Å². The molecule has 0 radical (unpaired) electrons. The average Bonchev–Trinajstić information content (AvgIpc) is 3.32. The summed E-state index contributed by atoms with van der Waals surface area (Å²) in [7, 11) is 1.62. The average molecular weight is 470 g/mol. The fraction of sp³-hybridized carbons (Fsp3) is 0.375. The first-order chi connectivity index (χ1) is 16.1. The smallest absolute Gasteiger partial charge is 0.227 e. The quantitative estimate of drug-likeness (QED) is 0.515. The van der Waals surface area contributed by atoms with Gasteiger partial charge in [0.1, 0.15) is 5.75 Å². The van der Waals surface area contributed by atoms with Crippen LogP contribution in [0.25, 0.3) is 11.4 Å². The van der Waals surface area contributed by atoms with E-state index in [4.69, 9.17) is 20.9 Å². The predicted octanol–water partition coefficient (Wildman–Crippen LogP) is 3.27. The molecule has 1 aliphatic heterocycles. The van der Waals surface area contributed by atoms with Crippen LogP contribution in [0, 0.1) is 0 Å². The second-order valence-corrected chi connectivity index (χ2v) is 8.34. The van der Waals surface area contributed by atoms with Crippen molar-refractivity contribution in [1.29, 1.82) is 0 Å². The minimum absolute atomic E-state index is 0.0169. The molecule has 1 aliphatic rings. The van der Waals surface area contributed by atoms with Crippen LogP contribution < -0.4 is 15.0 Å². The van der Waals surface area contributed by atoms with Crippen LogP contribution in [-0.4, -0.2) is 67.3 Å². The maximum atomic E-state index is 12.2. The summed E-state index contributed by atoms with van der Waals surface area (Å²) in [6.45, 7) is 5.26. The zero-order valence-corrected chi connectivity index (χ0v) is 19.4. The number of carbonyl (C=O) groups is 1. The van der Waals surface area contributed by atoms with Crippen LogP contribution in [0.15, 0.2) is 53.1 Å². The second kappa shape index (κ2) is 11.2. The van der Waals surface area contributed by atoms with Crippen LogP contribution in [0.2, 0.25) is 5.02 Å². The maximum Gasteiger partial charge on any atom is 0.227 e. The monoisotopic (exact) mass is 469 g/mol. The molecule has 1 fully saturated rings. The Kier molecular flexibility index (Phi) is 7.80. The van der Waals surface area contributed by atoms with Crippen molar-refractivity contribution in [3.63, 3.8) is 0 Å². The van der Waals surface area contributed by atoms with Gasteiger partial charge in [0.2, 0.25) is 17.6 Å². The molecule has 8 nitrogen and oxygen atoms in total. The lowest BCUT2D eigenvalue weighted by atomic mass is 10.2. The van der Waals surface area contributed by atoms with Gasteiger partial charge in [0.15, 0.2) is 0 Å². The molecule has 9 heteroatoms. The molecule has 1 N–H and O–H groups in total. The zero-order chi connectivity index (χ0) is 23.0.